The Bertz CT molecular complexity index is 320. The smallest absolute Gasteiger partial charge is 0.143 e. The summed E-state index contributed by atoms with van der Waals surface area (Å²) in [5.74, 6) is 0. The zero-order chi connectivity index (χ0) is 12.7. The van der Waals surface area contributed by atoms with Crippen LogP contribution in [0.1, 0.15) is 44.1 Å². The lowest BCUT2D eigenvalue weighted by Gasteiger charge is -2.19. The Morgan fingerprint density at radius 2 is 1.94 bits per heavy atom. The maximum Gasteiger partial charge on any atom is 0.143 e. The van der Waals surface area contributed by atoms with Gasteiger partial charge in [0, 0.05) is 25.1 Å². The zero-order valence-corrected chi connectivity index (χ0v) is 12.1. The van der Waals surface area contributed by atoms with Crippen molar-refractivity contribution < 1.29 is 4.74 Å². The van der Waals surface area contributed by atoms with Gasteiger partial charge in [0.1, 0.15) is 16.6 Å². The molecular formula is C12H23N3OS. The van der Waals surface area contributed by atoms with Crippen LogP contribution in [0, 0.1) is 0 Å². The first-order chi connectivity index (χ1) is 8.01. The molecule has 4 nitrogen and oxygen atoms in total. The second-order valence-corrected chi connectivity index (χ2v) is 6.22. The van der Waals surface area contributed by atoms with Gasteiger partial charge in [-0.05, 0) is 27.2 Å². The molecule has 0 unspecified atom stereocenters. The average Bonchev–Trinajstić information content (AvgIpc) is 2.64. The summed E-state index contributed by atoms with van der Waals surface area (Å²) in [5.41, 5.74) is 0.164. The number of aromatic nitrogens is 2. The van der Waals surface area contributed by atoms with Crippen LogP contribution < -0.4 is 5.32 Å². The van der Waals surface area contributed by atoms with Crippen LogP contribution in [0.15, 0.2) is 0 Å². The van der Waals surface area contributed by atoms with Gasteiger partial charge >= 0.3 is 0 Å². The SMILES string of the molecule is CCCOCc1nnc(CCNC(C)(C)C)s1. The highest BCUT2D eigenvalue weighted by Gasteiger charge is 2.09. The van der Waals surface area contributed by atoms with Crippen LogP contribution in [0.3, 0.4) is 0 Å². The second-order valence-electron chi connectivity index (χ2n) is 5.07. The molecule has 0 saturated carbocycles. The van der Waals surface area contributed by atoms with Crippen molar-refractivity contribution in [3.63, 3.8) is 0 Å². The molecule has 0 aliphatic rings. The fourth-order valence-corrected chi connectivity index (χ4v) is 2.08. The van der Waals surface area contributed by atoms with Gasteiger partial charge in [-0.25, -0.2) is 0 Å². The van der Waals surface area contributed by atoms with Crippen LogP contribution in [0.2, 0.25) is 0 Å². The van der Waals surface area contributed by atoms with E-state index in [9.17, 15) is 0 Å². The molecule has 0 radical (unpaired) electrons. The summed E-state index contributed by atoms with van der Waals surface area (Å²) >= 11 is 1.65. The number of ether oxygens (including phenoxy) is 1. The largest absolute Gasteiger partial charge is 0.374 e. The molecule has 0 aliphatic carbocycles. The topological polar surface area (TPSA) is 47.0 Å². The molecule has 17 heavy (non-hydrogen) atoms. The maximum atomic E-state index is 5.43. The van der Waals surface area contributed by atoms with Crippen molar-refractivity contribution in [1.29, 1.82) is 0 Å². The molecule has 0 amide bonds. The molecule has 98 valence electrons. The first-order valence-electron chi connectivity index (χ1n) is 6.15. The summed E-state index contributed by atoms with van der Waals surface area (Å²) in [6.45, 7) is 10.9. The molecule has 1 heterocycles. The van der Waals surface area contributed by atoms with E-state index >= 15 is 0 Å². The minimum Gasteiger partial charge on any atom is -0.374 e. The van der Waals surface area contributed by atoms with Gasteiger partial charge in [0.25, 0.3) is 0 Å². The Kier molecular flexibility index (Phi) is 6.02. The molecule has 1 rings (SSSR count). The van der Waals surface area contributed by atoms with E-state index in [4.69, 9.17) is 4.74 Å². The highest BCUT2D eigenvalue weighted by molar-refractivity contribution is 7.11. The van der Waals surface area contributed by atoms with Crippen molar-refractivity contribution in [1.82, 2.24) is 15.5 Å². The normalized spacial score (nSPS) is 12.0. The third kappa shape index (κ3) is 6.71. The molecule has 0 fully saturated rings. The van der Waals surface area contributed by atoms with Gasteiger partial charge in [-0.1, -0.05) is 18.3 Å². The monoisotopic (exact) mass is 257 g/mol. The van der Waals surface area contributed by atoms with Gasteiger partial charge in [0.15, 0.2) is 0 Å². The maximum absolute atomic E-state index is 5.43. The van der Waals surface area contributed by atoms with Crippen molar-refractivity contribution in [2.75, 3.05) is 13.2 Å². The Labute approximate surface area is 108 Å². The minimum absolute atomic E-state index is 0.164. The van der Waals surface area contributed by atoms with Crippen LogP contribution in [0.25, 0.3) is 0 Å². The molecular weight excluding hydrogens is 234 g/mol. The highest BCUT2D eigenvalue weighted by Crippen LogP contribution is 2.11. The predicted molar refractivity (Wildman–Crippen MR) is 71.3 cm³/mol. The van der Waals surface area contributed by atoms with E-state index in [1.54, 1.807) is 11.3 Å². The van der Waals surface area contributed by atoms with Crippen LogP contribution >= 0.6 is 11.3 Å². The van der Waals surface area contributed by atoms with Crippen molar-refractivity contribution in [2.45, 2.75) is 52.7 Å². The van der Waals surface area contributed by atoms with Crippen LogP contribution in [0.5, 0.6) is 0 Å². The fraction of sp³-hybridized carbons (Fsp3) is 0.833. The van der Waals surface area contributed by atoms with Crippen molar-refractivity contribution in [2.24, 2.45) is 0 Å². The Morgan fingerprint density at radius 3 is 2.59 bits per heavy atom. The van der Waals surface area contributed by atoms with E-state index in [0.717, 1.165) is 36.0 Å². The lowest BCUT2D eigenvalue weighted by molar-refractivity contribution is 0.121. The summed E-state index contributed by atoms with van der Waals surface area (Å²) in [5, 5.41) is 13.8. The Hall–Kier alpha value is -0.520. The lowest BCUT2D eigenvalue weighted by atomic mass is 10.1. The first-order valence-corrected chi connectivity index (χ1v) is 6.97. The second kappa shape index (κ2) is 7.03. The van der Waals surface area contributed by atoms with Crippen LogP contribution in [0.4, 0.5) is 0 Å². The summed E-state index contributed by atoms with van der Waals surface area (Å²) in [6.07, 6.45) is 1.98. The molecule has 0 aliphatic heterocycles. The third-order valence-electron chi connectivity index (χ3n) is 2.08. The van der Waals surface area contributed by atoms with Crippen LogP contribution in [-0.4, -0.2) is 28.9 Å². The van der Waals surface area contributed by atoms with Gasteiger partial charge < -0.3 is 10.1 Å². The molecule has 0 aromatic carbocycles. The van der Waals surface area contributed by atoms with Crippen molar-refractivity contribution in [3.8, 4) is 0 Å². The number of nitrogens with zero attached hydrogens (tertiary/aromatic N) is 2. The van der Waals surface area contributed by atoms with Crippen molar-refractivity contribution >= 4 is 11.3 Å². The summed E-state index contributed by atoms with van der Waals surface area (Å²) < 4.78 is 5.43. The Morgan fingerprint density at radius 1 is 1.24 bits per heavy atom. The van der Waals surface area contributed by atoms with E-state index in [1.165, 1.54) is 0 Å². The fourth-order valence-electron chi connectivity index (χ4n) is 1.30. The molecule has 0 bridgehead atoms. The van der Waals surface area contributed by atoms with E-state index < -0.39 is 0 Å². The standard InChI is InChI=1S/C12H23N3OS/c1-5-8-16-9-11-15-14-10(17-11)6-7-13-12(2,3)4/h13H,5-9H2,1-4H3. The molecule has 5 heteroatoms. The number of nitrogens with one attached hydrogen (secondary N) is 1. The molecule has 1 N–H and O–H groups in total. The highest BCUT2D eigenvalue weighted by atomic mass is 32.1. The van der Waals surface area contributed by atoms with Gasteiger partial charge in [0.2, 0.25) is 0 Å². The third-order valence-corrected chi connectivity index (χ3v) is 3.03. The van der Waals surface area contributed by atoms with Gasteiger partial charge in [-0.3, -0.25) is 0 Å². The number of hydrogen-bond acceptors (Lipinski definition) is 5. The summed E-state index contributed by atoms with van der Waals surface area (Å²) in [7, 11) is 0. The van der Waals surface area contributed by atoms with Gasteiger partial charge in [0.05, 0.1) is 0 Å². The summed E-state index contributed by atoms with van der Waals surface area (Å²) in [4.78, 5) is 0. The van der Waals surface area contributed by atoms with Gasteiger partial charge in [-0.15, -0.1) is 10.2 Å². The minimum atomic E-state index is 0.164. The molecule has 1 aromatic heterocycles. The van der Waals surface area contributed by atoms with E-state index in [2.05, 4.69) is 43.2 Å². The van der Waals surface area contributed by atoms with E-state index in [-0.39, 0.29) is 5.54 Å². The predicted octanol–water partition coefficient (Wildman–Crippen LogP) is 2.40. The van der Waals surface area contributed by atoms with Crippen molar-refractivity contribution in [3.05, 3.63) is 10.0 Å². The van der Waals surface area contributed by atoms with Crippen LogP contribution in [-0.2, 0) is 17.8 Å². The van der Waals surface area contributed by atoms with Gasteiger partial charge in [-0.2, -0.15) is 0 Å². The molecule has 0 saturated heterocycles. The average molecular weight is 257 g/mol. The molecule has 0 atom stereocenters. The Balaban J connectivity index is 2.26. The van der Waals surface area contributed by atoms with E-state index in [1.807, 2.05) is 0 Å². The zero-order valence-electron chi connectivity index (χ0n) is 11.2. The molecule has 0 spiro atoms. The first kappa shape index (κ1) is 14.5. The molecule has 1 aromatic rings. The summed E-state index contributed by atoms with van der Waals surface area (Å²) in [6, 6.07) is 0. The number of rotatable bonds is 7. The number of hydrogen-bond donors (Lipinski definition) is 1. The van der Waals surface area contributed by atoms with E-state index in [0.29, 0.717) is 6.61 Å². The quantitative estimate of drug-likeness (QED) is 0.762. The lowest BCUT2D eigenvalue weighted by Crippen LogP contribution is -2.37.